The predicted octanol–water partition coefficient (Wildman–Crippen LogP) is 2.06. The van der Waals surface area contributed by atoms with E-state index in [-0.39, 0.29) is 22.0 Å². The lowest BCUT2D eigenvalue weighted by Crippen LogP contribution is -2.24. The fourth-order valence-corrected chi connectivity index (χ4v) is 2.66. The molecule has 0 N–H and O–H groups in total. The summed E-state index contributed by atoms with van der Waals surface area (Å²) in [5.41, 5.74) is 2.80. The molecule has 0 aromatic heterocycles. The van der Waals surface area contributed by atoms with E-state index in [0.717, 1.165) is 0 Å². The normalized spacial score (nSPS) is 19.6. The van der Waals surface area contributed by atoms with Crippen molar-refractivity contribution in [3.8, 4) is 6.07 Å². The quantitative estimate of drug-likeness (QED) is 0.459. The van der Waals surface area contributed by atoms with Crippen molar-refractivity contribution in [1.82, 2.24) is 0 Å². The highest BCUT2D eigenvalue weighted by Crippen LogP contribution is 2.39. The van der Waals surface area contributed by atoms with Crippen LogP contribution >= 0.6 is 0 Å². The Morgan fingerprint density at radius 2 is 1.92 bits per heavy atom. The first kappa shape index (κ1) is 15.9. The van der Waals surface area contributed by atoms with Gasteiger partial charge in [0.15, 0.2) is 0 Å². The summed E-state index contributed by atoms with van der Waals surface area (Å²) in [5, 5.41) is 43.1. The van der Waals surface area contributed by atoms with E-state index in [2.05, 4.69) is 10.4 Å². The molecule has 0 fully saturated rings. The average molecular weight is 342 g/mol. The first-order valence-corrected chi connectivity index (χ1v) is 6.87. The Bertz CT molecular complexity index is 895. The summed E-state index contributed by atoms with van der Waals surface area (Å²) >= 11 is 0. The van der Waals surface area contributed by atoms with Crippen molar-refractivity contribution >= 4 is 11.4 Å². The number of hydrogen-bond donors (Lipinski definition) is 0. The molecule has 2 unspecified atom stereocenters. The van der Waals surface area contributed by atoms with E-state index >= 15 is 0 Å². The maximum atomic E-state index is 11.5. The van der Waals surface area contributed by atoms with Crippen LogP contribution in [-0.2, 0) is 4.94 Å². The van der Waals surface area contributed by atoms with Crippen LogP contribution in [0.1, 0.15) is 11.5 Å². The van der Waals surface area contributed by atoms with Gasteiger partial charge in [0.1, 0.15) is 0 Å². The summed E-state index contributed by atoms with van der Waals surface area (Å²) < 4.78 is 0. The molecule has 1 aliphatic heterocycles. The lowest BCUT2D eigenvalue weighted by molar-refractivity contribution is -0.717. The van der Waals surface area contributed by atoms with E-state index in [1.807, 2.05) is 6.07 Å². The van der Waals surface area contributed by atoms with Crippen LogP contribution in [0.15, 0.2) is 47.8 Å². The molecular formula is C14H8N5O6-. The first-order valence-electron chi connectivity index (χ1n) is 6.87. The molecule has 1 aromatic rings. The van der Waals surface area contributed by atoms with Crippen molar-refractivity contribution in [1.29, 1.82) is 5.26 Å². The van der Waals surface area contributed by atoms with Crippen molar-refractivity contribution in [2.75, 3.05) is 0 Å². The molecule has 2 atom stereocenters. The second-order valence-corrected chi connectivity index (χ2v) is 5.15. The predicted molar refractivity (Wildman–Crippen MR) is 81.2 cm³/mol. The first-order chi connectivity index (χ1) is 11.9. The largest absolute Gasteiger partial charge is 0.567 e. The fourth-order valence-electron chi connectivity index (χ4n) is 2.66. The van der Waals surface area contributed by atoms with Crippen LogP contribution in [-0.4, -0.2) is 20.5 Å². The number of non-ortho nitro benzene ring substituents is 1. The highest BCUT2D eigenvalue weighted by Gasteiger charge is 2.39. The summed E-state index contributed by atoms with van der Waals surface area (Å²) in [6, 6.07) is 7.13. The SMILES string of the molecule is N#CC(c1ccc([N+](=O)[O-])cc1)C1C=CC2=[N+]([O-])O[N-]C2=C1[N+](=O)[O-]. The second kappa shape index (κ2) is 5.93. The van der Waals surface area contributed by atoms with E-state index in [4.69, 9.17) is 0 Å². The molecule has 0 amide bonds. The zero-order valence-corrected chi connectivity index (χ0v) is 12.3. The van der Waals surface area contributed by atoms with Gasteiger partial charge >= 0.3 is 0 Å². The van der Waals surface area contributed by atoms with Gasteiger partial charge in [-0.25, -0.2) is 0 Å². The van der Waals surface area contributed by atoms with Gasteiger partial charge in [-0.2, -0.15) is 5.26 Å². The van der Waals surface area contributed by atoms with Crippen LogP contribution in [0.3, 0.4) is 0 Å². The molecule has 1 aliphatic carbocycles. The molecule has 11 nitrogen and oxygen atoms in total. The van der Waals surface area contributed by atoms with Crippen LogP contribution in [0.4, 0.5) is 5.69 Å². The molecule has 0 bridgehead atoms. The topological polar surface area (TPSA) is 159 Å². The molecular weight excluding hydrogens is 334 g/mol. The number of allylic oxidation sites excluding steroid dienone is 2. The van der Waals surface area contributed by atoms with Gasteiger partial charge in [0.25, 0.3) is 11.4 Å². The van der Waals surface area contributed by atoms with Crippen LogP contribution in [0.25, 0.3) is 5.48 Å². The van der Waals surface area contributed by atoms with Crippen molar-refractivity contribution in [2.24, 2.45) is 5.92 Å². The van der Waals surface area contributed by atoms with Crippen LogP contribution < -0.4 is 0 Å². The zero-order chi connectivity index (χ0) is 18.1. The zero-order valence-electron chi connectivity index (χ0n) is 12.3. The number of hydroxylamine groups is 1. The van der Waals surface area contributed by atoms with E-state index in [1.165, 1.54) is 36.4 Å². The Labute approximate surface area is 139 Å². The van der Waals surface area contributed by atoms with Gasteiger partial charge in [0, 0.05) is 28.8 Å². The number of nitriles is 1. The Kier molecular flexibility index (Phi) is 3.78. The molecule has 1 heterocycles. The molecule has 0 radical (unpaired) electrons. The lowest BCUT2D eigenvalue weighted by Gasteiger charge is -2.23. The van der Waals surface area contributed by atoms with Crippen molar-refractivity contribution in [3.63, 3.8) is 0 Å². The summed E-state index contributed by atoms with van der Waals surface area (Å²) in [5.74, 6) is -2.00. The Balaban J connectivity index is 2.04. The molecule has 126 valence electrons. The number of nitro benzene ring substituents is 1. The Hall–Kier alpha value is -3.94. The lowest BCUT2D eigenvalue weighted by atomic mass is 9.81. The number of nitro groups is 2. The van der Waals surface area contributed by atoms with E-state index in [1.54, 1.807) is 0 Å². The molecule has 0 saturated heterocycles. The standard InChI is InChI=1S/C14H8N5O6/c15-7-11(8-1-3-9(4-2-8)17(20)21)10-5-6-12-13(14(10)18(22)23)16-25-19(12)24/h1-6,10-11H/q-1. The van der Waals surface area contributed by atoms with Crippen LogP contribution in [0, 0.1) is 42.7 Å². The summed E-state index contributed by atoms with van der Waals surface area (Å²) in [6.45, 7) is 0. The number of hydrogen-bond acceptors (Lipinski definition) is 7. The maximum Gasteiger partial charge on any atom is 0.269 e. The fraction of sp³-hybridized carbons (Fsp3) is 0.143. The maximum absolute atomic E-state index is 11.5. The summed E-state index contributed by atoms with van der Waals surface area (Å²) in [6.07, 6.45) is 2.65. The molecule has 1 aromatic carbocycles. The number of benzene rings is 1. The molecule has 3 rings (SSSR count). The minimum atomic E-state index is -1.00. The molecule has 25 heavy (non-hydrogen) atoms. The van der Waals surface area contributed by atoms with Crippen LogP contribution in [0.5, 0.6) is 0 Å². The van der Waals surface area contributed by atoms with E-state index in [9.17, 15) is 30.7 Å². The van der Waals surface area contributed by atoms with Gasteiger partial charge in [-0.3, -0.25) is 25.4 Å². The van der Waals surface area contributed by atoms with Gasteiger partial charge in [0.05, 0.1) is 27.8 Å². The average Bonchev–Trinajstić information content (AvgIpc) is 2.96. The summed E-state index contributed by atoms with van der Waals surface area (Å²) in [4.78, 5) is 25.3. The third-order valence-electron chi connectivity index (χ3n) is 3.82. The van der Waals surface area contributed by atoms with E-state index < -0.39 is 27.4 Å². The smallest absolute Gasteiger partial charge is 0.269 e. The highest BCUT2D eigenvalue weighted by molar-refractivity contribution is 6.08. The molecule has 2 aliphatic rings. The number of nitrogens with zero attached hydrogens (tertiary/aromatic N) is 5. The van der Waals surface area contributed by atoms with Gasteiger partial charge < -0.3 is 10.4 Å². The monoisotopic (exact) mass is 342 g/mol. The van der Waals surface area contributed by atoms with Crippen molar-refractivity contribution in [3.05, 3.63) is 84.3 Å². The number of rotatable bonds is 4. The third-order valence-corrected chi connectivity index (χ3v) is 3.82. The second-order valence-electron chi connectivity index (χ2n) is 5.15. The molecule has 11 heteroatoms. The minimum Gasteiger partial charge on any atom is -0.567 e. The minimum absolute atomic E-state index is 0.0405. The van der Waals surface area contributed by atoms with Crippen molar-refractivity contribution < 1.29 is 19.7 Å². The van der Waals surface area contributed by atoms with Gasteiger partial charge in [-0.1, -0.05) is 18.2 Å². The van der Waals surface area contributed by atoms with Gasteiger partial charge in [-0.05, 0) is 5.56 Å². The van der Waals surface area contributed by atoms with Gasteiger partial charge in [0.2, 0.25) is 5.70 Å². The third kappa shape index (κ3) is 2.61. The Morgan fingerprint density at radius 1 is 1.24 bits per heavy atom. The molecule has 0 saturated carbocycles. The van der Waals surface area contributed by atoms with Crippen LogP contribution in [0.2, 0.25) is 0 Å². The van der Waals surface area contributed by atoms with E-state index in [0.29, 0.717) is 5.56 Å². The highest BCUT2D eigenvalue weighted by atomic mass is 16.9. The summed E-state index contributed by atoms with van der Waals surface area (Å²) in [7, 11) is 0. The van der Waals surface area contributed by atoms with Gasteiger partial charge in [-0.15, -0.1) is 0 Å². The van der Waals surface area contributed by atoms with Crippen molar-refractivity contribution in [2.45, 2.75) is 5.92 Å². The Morgan fingerprint density at radius 3 is 2.48 bits per heavy atom. The number of fused-ring (bicyclic) bond motifs is 1. The molecule has 0 spiro atoms.